The Balaban J connectivity index is 1.85. The first kappa shape index (κ1) is 28.9. The molecular weight excluding hydrogens is 532 g/mol. The van der Waals surface area contributed by atoms with Crippen LogP contribution in [0.2, 0.25) is 0 Å². The fraction of sp³-hybridized carbons (Fsp3) is 0.226. The fourth-order valence-electron chi connectivity index (χ4n) is 5.73. The van der Waals surface area contributed by atoms with Gasteiger partial charge >= 0.3 is 23.9 Å². The zero-order valence-electron chi connectivity index (χ0n) is 22.1. The van der Waals surface area contributed by atoms with Crippen LogP contribution in [-0.4, -0.2) is 44.3 Å². The average Bonchev–Trinajstić information content (AvgIpc) is 2.93. The molecule has 0 saturated carbocycles. The van der Waals surface area contributed by atoms with Crippen LogP contribution in [0.3, 0.4) is 0 Å². The number of allylic oxidation sites excluding steroid dienone is 2. The van der Waals surface area contributed by atoms with Crippen LogP contribution in [-0.2, 0) is 19.2 Å². The van der Waals surface area contributed by atoms with Crippen LogP contribution < -0.4 is 9.47 Å². The van der Waals surface area contributed by atoms with Crippen LogP contribution in [0.1, 0.15) is 13.8 Å². The van der Waals surface area contributed by atoms with Crippen molar-refractivity contribution in [2.24, 2.45) is 28.1 Å². The standard InChI is InChI=1S/C31H28O10/c1-29(2,30(27(36)37)15-13-21(17-23(30)25(32)33)40-19-9-5-3-6-10-19)31(28(38)39)16-14-22(18-24(31)26(34)35)41-20-11-7-4-8-12-20/h3-18,23-24H,1-2H3,(H,32,33)(H,34,35)(H,36,37)(H,38,39). The highest BCUT2D eigenvalue weighted by atomic mass is 16.5. The normalized spacial score (nSPS) is 25.4. The lowest BCUT2D eigenvalue weighted by Gasteiger charge is -2.55. The van der Waals surface area contributed by atoms with Gasteiger partial charge in [0.15, 0.2) is 0 Å². The van der Waals surface area contributed by atoms with Gasteiger partial charge in [-0.05, 0) is 48.6 Å². The molecule has 4 N–H and O–H groups in total. The van der Waals surface area contributed by atoms with Gasteiger partial charge in [0.25, 0.3) is 0 Å². The van der Waals surface area contributed by atoms with E-state index in [0.29, 0.717) is 11.5 Å². The van der Waals surface area contributed by atoms with Crippen molar-refractivity contribution in [1.82, 2.24) is 0 Å². The molecule has 2 aliphatic carbocycles. The molecule has 4 unspecified atom stereocenters. The molecule has 0 radical (unpaired) electrons. The molecular formula is C31H28O10. The van der Waals surface area contributed by atoms with Gasteiger partial charge < -0.3 is 29.9 Å². The van der Waals surface area contributed by atoms with E-state index < -0.39 is 52.0 Å². The maximum absolute atomic E-state index is 13.1. The SMILES string of the molecule is CC(C)(C1(C(=O)O)C=CC(Oc2ccccc2)=CC1C(=O)O)C1(C(=O)O)C=CC(Oc2ccccc2)=CC1C(=O)O. The third-order valence-electron chi connectivity index (χ3n) is 7.93. The van der Waals surface area contributed by atoms with Gasteiger partial charge in [0, 0.05) is 5.41 Å². The Morgan fingerprint density at radius 2 is 0.976 bits per heavy atom. The quantitative estimate of drug-likeness (QED) is 0.322. The molecule has 0 bridgehead atoms. The highest BCUT2D eigenvalue weighted by Gasteiger charge is 2.70. The summed E-state index contributed by atoms with van der Waals surface area (Å²) in [5, 5.41) is 41.8. The van der Waals surface area contributed by atoms with E-state index in [9.17, 15) is 39.6 Å². The van der Waals surface area contributed by atoms with Crippen molar-refractivity contribution in [3.8, 4) is 11.5 Å². The van der Waals surface area contributed by atoms with Crippen molar-refractivity contribution in [3.05, 3.63) is 109 Å². The molecule has 0 spiro atoms. The van der Waals surface area contributed by atoms with E-state index in [0.717, 1.165) is 24.3 Å². The highest BCUT2D eigenvalue weighted by Crippen LogP contribution is 2.62. The first-order chi connectivity index (χ1) is 19.4. The predicted octanol–water partition coefficient (Wildman–Crippen LogP) is 4.62. The van der Waals surface area contributed by atoms with Gasteiger partial charge in [-0.2, -0.15) is 0 Å². The number of para-hydroxylation sites is 2. The van der Waals surface area contributed by atoms with Crippen LogP contribution in [0.15, 0.2) is 109 Å². The largest absolute Gasteiger partial charge is 0.481 e. The lowest BCUT2D eigenvalue weighted by Crippen LogP contribution is -2.63. The van der Waals surface area contributed by atoms with E-state index in [2.05, 4.69) is 0 Å². The van der Waals surface area contributed by atoms with Crippen molar-refractivity contribution >= 4 is 23.9 Å². The summed E-state index contributed by atoms with van der Waals surface area (Å²) in [6, 6.07) is 16.8. The van der Waals surface area contributed by atoms with Crippen molar-refractivity contribution < 1.29 is 49.1 Å². The molecule has 41 heavy (non-hydrogen) atoms. The molecule has 0 aromatic heterocycles. The number of aliphatic carboxylic acids is 4. The molecule has 10 nitrogen and oxygen atoms in total. The van der Waals surface area contributed by atoms with Crippen LogP contribution in [0.4, 0.5) is 0 Å². The van der Waals surface area contributed by atoms with Crippen molar-refractivity contribution in [2.75, 3.05) is 0 Å². The number of hydrogen-bond acceptors (Lipinski definition) is 6. The van der Waals surface area contributed by atoms with Crippen LogP contribution in [0, 0.1) is 28.1 Å². The smallest absolute Gasteiger partial charge is 0.315 e. The lowest BCUT2D eigenvalue weighted by atomic mass is 9.44. The molecule has 0 aliphatic heterocycles. The number of carboxylic acids is 4. The molecule has 0 saturated heterocycles. The second-order valence-electron chi connectivity index (χ2n) is 10.2. The van der Waals surface area contributed by atoms with Crippen LogP contribution >= 0.6 is 0 Å². The molecule has 0 fully saturated rings. The monoisotopic (exact) mass is 560 g/mol. The summed E-state index contributed by atoms with van der Waals surface area (Å²) in [6.45, 7) is 2.51. The van der Waals surface area contributed by atoms with Gasteiger partial charge in [-0.25, -0.2) is 0 Å². The first-order valence-electron chi connectivity index (χ1n) is 12.6. The Morgan fingerprint density at radius 3 is 1.27 bits per heavy atom. The number of carbonyl (C=O) groups is 4. The average molecular weight is 561 g/mol. The predicted molar refractivity (Wildman–Crippen MR) is 145 cm³/mol. The van der Waals surface area contributed by atoms with Crippen molar-refractivity contribution in [2.45, 2.75) is 13.8 Å². The Kier molecular flexibility index (Phi) is 7.61. The summed E-state index contributed by atoms with van der Waals surface area (Å²) in [7, 11) is 0. The van der Waals surface area contributed by atoms with E-state index >= 15 is 0 Å². The number of rotatable bonds is 10. The lowest BCUT2D eigenvalue weighted by molar-refractivity contribution is -0.185. The van der Waals surface area contributed by atoms with Gasteiger partial charge in [0.1, 0.15) is 33.8 Å². The molecule has 0 amide bonds. The summed E-state index contributed by atoms with van der Waals surface area (Å²) in [5.41, 5.74) is -6.92. The van der Waals surface area contributed by atoms with Gasteiger partial charge in [0.2, 0.25) is 0 Å². The topological polar surface area (TPSA) is 168 Å². The van der Waals surface area contributed by atoms with E-state index in [4.69, 9.17) is 9.47 Å². The van der Waals surface area contributed by atoms with E-state index in [1.54, 1.807) is 60.7 Å². The molecule has 4 atom stereocenters. The highest BCUT2D eigenvalue weighted by molar-refractivity contribution is 5.93. The van der Waals surface area contributed by atoms with Crippen LogP contribution in [0.25, 0.3) is 0 Å². The molecule has 212 valence electrons. The number of ether oxygens (including phenoxy) is 2. The third kappa shape index (κ3) is 4.77. The summed E-state index contributed by atoms with van der Waals surface area (Å²) in [6.07, 6.45) is 6.90. The van der Waals surface area contributed by atoms with Gasteiger partial charge in [0.05, 0.1) is 11.8 Å². The second-order valence-corrected chi connectivity index (χ2v) is 10.2. The zero-order valence-corrected chi connectivity index (χ0v) is 22.1. The molecule has 2 aromatic rings. The summed E-state index contributed by atoms with van der Waals surface area (Å²) < 4.78 is 11.5. The summed E-state index contributed by atoms with van der Waals surface area (Å²) >= 11 is 0. The number of carboxylic acid groups (broad SMARTS) is 4. The summed E-state index contributed by atoms with van der Waals surface area (Å²) in [4.78, 5) is 51.5. The first-order valence-corrected chi connectivity index (χ1v) is 12.6. The zero-order chi connectivity index (χ0) is 30.0. The molecule has 2 aliphatic rings. The van der Waals surface area contributed by atoms with E-state index in [1.165, 1.54) is 26.0 Å². The minimum Gasteiger partial charge on any atom is -0.481 e. The molecule has 0 heterocycles. The Bertz CT molecular complexity index is 1370. The Hall–Kier alpha value is -5.12. The summed E-state index contributed by atoms with van der Waals surface area (Å²) in [5.74, 6) is -9.26. The minimum atomic E-state index is -2.43. The van der Waals surface area contributed by atoms with Crippen LogP contribution in [0.5, 0.6) is 11.5 Å². The van der Waals surface area contributed by atoms with E-state index in [-0.39, 0.29) is 11.5 Å². The maximum atomic E-state index is 13.1. The molecule has 10 heteroatoms. The number of hydrogen-bond donors (Lipinski definition) is 4. The van der Waals surface area contributed by atoms with Gasteiger partial charge in [-0.15, -0.1) is 0 Å². The Labute approximate surface area is 235 Å². The van der Waals surface area contributed by atoms with E-state index in [1.807, 2.05) is 0 Å². The Morgan fingerprint density at radius 1 is 0.634 bits per heavy atom. The molecule has 2 aromatic carbocycles. The second kappa shape index (κ2) is 10.8. The van der Waals surface area contributed by atoms with Gasteiger partial charge in [-0.1, -0.05) is 62.4 Å². The van der Waals surface area contributed by atoms with Crippen molar-refractivity contribution in [1.29, 1.82) is 0 Å². The number of benzene rings is 2. The molecule has 4 rings (SSSR count). The van der Waals surface area contributed by atoms with Crippen molar-refractivity contribution in [3.63, 3.8) is 0 Å². The van der Waals surface area contributed by atoms with Gasteiger partial charge in [-0.3, -0.25) is 19.2 Å². The minimum absolute atomic E-state index is 0.0352. The fourth-order valence-corrected chi connectivity index (χ4v) is 5.73. The maximum Gasteiger partial charge on any atom is 0.315 e. The third-order valence-corrected chi connectivity index (χ3v) is 7.93.